The van der Waals surface area contributed by atoms with E-state index in [2.05, 4.69) is 4.98 Å². The quantitative estimate of drug-likeness (QED) is 0.913. The van der Waals surface area contributed by atoms with Crippen LogP contribution in [0.3, 0.4) is 0 Å². The van der Waals surface area contributed by atoms with Gasteiger partial charge in [0.15, 0.2) is 0 Å². The maximum absolute atomic E-state index is 11.0. The Hall–Kier alpha value is -2.56. The van der Waals surface area contributed by atoms with E-state index in [0.29, 0.717) is 17.2 Å². The largest absolute Gasteiger partial charge is 0.497 e. The summed E-state index contributed by atoms with van der Waals surface area (Å²) in [5, 5.41) is 8.98. The molecule has 0 bridgehead atoms. The van der Waals surface area contributed by atoms with Gasteiger partial charge in [-0.2, -0.15) is 0 Å². The van der Waals surface area contributed by atoms with Crippen LogP contribution in [0.4, 0.5) is 0 Å². The van der Waals surface area contributed by atoms with E-state index in [1.165, 1.54) is 18.3 Å². The van der Waals surface area contributed by atoms with Crippen molar-refractivity contribution in [3.05, 3.63) is 42.1 Å². The van der Waals surface area contributed by atoms with Crippen LogP contribution in [0, 0.1) is 0 Å². The topological polar surface area (TPSA) is 68.7 Å². The summed E-state index contributed by atoms with van der Waals surface area (Å²) in [5.74, 6) is 0.257. The normalized spacial score (nSPS) is 10.0. The molecule has 1 aromatic heterocycles. The summed E-state index contributed by atoms with van der Waals surface area (Å²) in [5.41, 5.74) is 1.48. The first kappa shape index (κ1) is 12.9. The second kappa shape index (κ2) is 5.39. The van der Waals surface area contributed by atoms with Gasteiger partial charge in [-0.05, 0) is 24.3 Å². The number of aromatic carboxylic acids is 1. The SMILES string of the molecule is COc1cc(OC)cc(-c2cc(C(=O)O)ccn2)c1. The Morgan fingerprint density at radius 2 is 1.74 bits per heavy atom. The Morgan fingerprint density at radius 3 is 2.26 bits per heavy atom. The van der Waals surface area contributed by atoms with E-state index in [4.69, 9.17) is 14.6 Å². The number of methoxy groups -OCH3 is 2. The van der Waals surface area contributed by atoms with E-state index >= 15 is 0 Å². The van der Waals surface area contributed by atoms with E-state index in [9.17, 15) is 4.79 Å². The van der Waals surface area contributed by atoms with Crippen LogP contribution >= 0.6 is 0 Å². The van der Waals surface area contributed by atoms with Gasteiger partial charge in [0.1, 0.15) is 11.5 Å². The molecule has 1 aromatic carbocycles. The van der Waals surface area contributed by atoms with Crippen molar-refractivity contribution in [1.82, 2.24) is 4.98 Å². The van der Waals surface area contributed by atoms with Crippen LogP contribution in [-0.2, 0) is 0 Å². The van der Waals surface area contributed by atoms with Gasteiger partial charge in [0.2, 0.25) is 0 Å². The molecule has 19 heavy (non-hydrogen) atoms. The molecule has 0 radical (unpaired) electrons. The highest BCUT2D eigenvalue weighted by Crippen LogP contribution is 2.28. The lowest BCUT2D eigenvalue weighted by atomic mass is 10.1. The molecule has 0 fully saturated rings. The molecule has 98 valence electrons. The summed E-state index contributed by atoms with van der Waals surface area (Å²) in [6, 6.07) is 8.25. The third-order valence-corrected chi connectivity index (χ3v) is 2.65. The molecular formula is C14H13NO4. The number of ether oxygens (including phenoxy) is 2. The number of pyridine rings is 1. The molecule has 1 N–H and O–H groups in total. The summed E-state index contributed by atoms with van der Waals surface area (Å²) >= 11 is 0. The maximum Gasteiger partial charge on any atom is 0.335 e. The molecular weight excluding hydrogens is 246 g/mol. The lowest BCUT2D eigenvalue weighted by molar-refractivity contribution is 0.0697. The number of nitrogens with zero attached hydrogens (tertiary/aromatic N) is 1. The fourth-order valence-corrected chi connectivity index (χ4v) is 1.68. The average Bonchev–Trinajstić information content (AvgIpc) is 2.46. The highest BCUT2D eigenvalue weighted by Gasteiger charge is 2.08. The highest BCUT2D eigenvalue weighted by atomic mass is 16.5. The minimum absolute atomic E-state index is 0.187. The zero-order valence-corrected chi connectivity index (χ0v) is 10.6. The first-order chi connectivity index (χ1) is 9.13. The third kappa shape index (κ3) is 2.82. The molecule has 0 amide bonds. The molecule has 0 aliphatic rings. The van der Waals surface area contributed by atoms with Crippen LogP contribution in [-0.4, -0.2) is 30.3 Å². The van der Waals surface area contributed by atoms with Crippen molar-refractivity contribution in [2.24, 2.45) is 0 Å². The number of aromatic nitrogens is 1. The van der Waals surface area contributed by atoms with E-state index in [-0.39, 0.29) is 5.56 Å². The van der Waals surface area contributed by atoms with Gasteiger partial charge in [0.25, 0.3) is 0 Å². The van der Waals surface area contributed by atoms with Crippen molar-refractivity contribution in [3.63, 3.8) is 0 Å². The van der Waals surface area contributed by atoms with Gasteiger partial charge in [0, 0.05) is 17.8 Å². The predicted octanol–water partition coefficient (Wildman–Crippen LogP) is 2.46. The second-order valence-electron chi connectivity index (χ2n) is 3.84. The van der Waals surface area contributed by atoms with Gasteiger partial charge >= 0.3 is 5.97 Å². The molecule has 0 spiro atoms. The summed E-state index contributed by atoms with van der Waals surface area (Å²) in [7, 11) is 3.11. The molecule has 0 saturated carbocycles. The first-order valence-corrected chi connectivity index (χ1v) is 5.57. The van der Waals surface area contributed by atoms with Gasteiger partial charge in [-0.15, -0.1) is 0 Å². The van der Waals surface area contributed by atoms with Crippen LogP contribution in [0.25, 0.3) is 11.3 Å². The number of benzene rings is 1. The Labute approximate surface area is 110 Å². The summed E-state index contributed by atoms with van der Waals surface area (Å²) < 4.78 is 10.3. The fourth-order valence-electron chi connectivity index (χ4n) is 1.68. The molecule has 0 aliphatic heterocycles. The Morgan fingerprint density at radius 1 is 1.11 bits per heavy atom. The maximum atomic E-state index is 11.0. The average molecular weight is 259 g/mol. The van der Waals surface area contributed by atoms with Crippen molar-refractivity contribution in [2.45, 2.75) is 0 Å². The predicted molar refractivity (Wildman–Crippen MR) is 69.7 cm³/mol. The number of rotatable bonds is 4. The summed E-state index contributed by atoms with van der Waals surface area (Å²) in [6.07, 6.45) is 1.46. The lowest BCUT2D eigenvalue weighted by Crippen LogP contribution is -1.97. The molecule has 1 heterocycles. The molecule has 0 atom stereocenters. The van der Waals surface area contributed by atoms with Crippen molar-refractivity contribution in [1.29, 1.82) is 0 Å². The Balaban J connectivity index is 2.51. The van der Waals surface area contributed by atoms with Crippen molar-refractivity contribution in [3.8, 4) is 22.8 Å². The highest BCUT2D eigenvalue weighted by molar-refractivity contribution is 5.88. The number of hydrogen-bond acceptors (Lipinski definition) is 4. The molecule has 2 rings (SSSR count). The number of carboxylic acid groups (broad SMARTS) is 1. The number of carbonyl (C=O) groups is 1. The monoisotopic (exact) mass is 259 g/mol. The third-order valence-electron chi connectivity index (χ3n) is 2.65. The summed E-state index contributed by atoms with van der Waals surface area (Å²) in [6.45, 7) is 0. The van der Waals surface area contributed by atoms with Crippen LogP contribution < -0.4 is 9.47 Å². The van der Waals surface area contributed by atoms with Crippen LogP contribution in [0.5, 0.6) is 11.5 Å². The van der Waals surface area contributed by atoms with Crippen LogP contribution in [0.15, 0.2) is 36.5 Å². The minimum atomic E-state index is -0.987. The molecule has 0 saturated heterocycles. The zero-order chi connectivity index (χ0) is 13.8. The zero-order valence-electron chi connectivity index (χ0n) is 10.6. The molecule has 5 nitrogen and oxygen atoms in total. The van der Waals surface area contributed by atoms with E-state index in [1.807, 2.05) is 0 Å². The van der Waals surface area contributed by atoms with Crippen molar-refractivity contribution < 1.29 is 19.4 Å². The Kier molecular flexibility index (Phi) is 3.66. The smallest absolute Gasteiger partial charge is 0.335 e. The van der Waals surface area contributed by atoms with E-state index in [1.54, 1.807) is 32.4 Å². The van der Waals surface area contributed by atoms with Crippen molar-refractivity contribution >= 4 is 5.97 Å². The van der Waals surface area contributed by atoms with E-state index in [0.717, 1.165) is 5.56 Å². The first-order valence-electron chi connectivity index (χ1n) is 5.57. The molecule has 0 unspecified atom stereocenters. The number of hydrogen-bond donors (Lipinski definition) is 1. The second-order valence-corrected chi connectivity index (χ2v) is 3.84. The molecule has 5 heteroatoms. The van der Waals surface area contributed by atoms with Gasteiger partial charge in [-0.1, -0.05) is 0 Å². The van der Waals surface area contributed by atoms with Gasteiger partial charge in [0.05, 0.1) is 25.5 Å². The van der Waals surface area contributed by atoms with Crippen LogP contribution in [0.1, 0.15) is 10.4 Å². The van der Waals surface area contributed by atoms with E-state index < -0.39 is 5.97 Å². The van der Waals surface area contributed by atoms with Gasteiger partial charge in [-0.25, -0.2) is 4.79 Å². The molecule has 0 aliphatic carbocycles. The number of carboxylic acids is 1. The Bertz CT molecular complexity index is 588. The van der Waals surface area contributed by atoms with Gasteiger partial charge < -0.3 is 14.6 Å². The standard InChI is InChI=1S/C14H13NO4/c1-18-11-5-10(6-12(8-11)19-2)13-7-9(14(16)17)3-4-15-13/h3-8H,1-2H3,(H,16,17). The van der Waals surface area contributed by atoms with Crippen LogP contribution in [0.2, 0.25) is 0 Å². The summed E-state index contributed by atoms with van der Waals surface area (Å²) in [4.78, 5) is 15.1. The van der Waals surface area contributed by atoms with Crippen molar-refractivity contribution in [2.75, 3.05) is 14.2 Å². The fraction of sp³-hybridized carbons (Fsp3) is 0.143. The molecule has 2 aromatic rings. The lowest BCUT2D eigenvalue weighted by Gasteiger charge is -2.08. The van der Waals surface area contributed by atoms with Gasteiger partial charge in [-0.3, -0.25) is 4.98 Å². The minimum Gasteiger partial charge on any atom is -0.497 e.